The molecule has 0 radical (unpaired) electrons. The molecule has 2 saturated heterocycles. The van der Waals surface area contributed by atoms with Crippen LogP contribution in [-0.2, 0) is 9.53 Å². The van der Waals surface area contributed by atoms with Crippen LogP contribution in [0.2, 0.25) is 0 Å². The fraction of sp³-hybridized carbons (Fsp3) is 0.438. The molecule has 0 spiro atoms. The molecule has 2 fully saturated rings. The van der Waals surface area contributed by atoms with Crippen LogP contribution in [-0.4, -0.2) is 54.2 Å². The van der Waals surface area contributed by atoms with Crippen LogP contribution in [0, 0.1) is 18.3 Å². The molecule has 128 valence electrons. The maximum Gasteiger partial charge on any atom is 0.321 e. The summed E-state index contributed by atoms with van der Waals surface area (Å²) in [5.74, 6) is -1.72. The standard InChI is InChI=1S/C16H19N3O5/c1-9-2-10(13(17)20)4-12(3-9)18-15(23)19-5-11-6-24-8-16(11,7-19)14(21)22/h2-4,11H,5-8H2,1H3,(H2,17,20)(H,18,23)(H,21,22)/t11-,16-/m1/s1. The average molecular weight is 333 g/mol. The Labute approximate surface area is 138 Å². The lowest BCUT2D eigenvalue weighted by molar-refractivity contribution is -0.149. The van der Waals surface area contributed by atoms with Gasteiger partial charge in [-0.25, -0.2) is 4.79 Å². The van der Waals surface area contributed by atoms with Gasteiger partial charge in [0.05, 0.1) is 13.2 Å². The van der Waals surface area contributed by atoms with Crippen molar-refractivity contribution in [1.82, 2.24) is 4.90 Å². The maximum absolute atomic E-state index is 12.5. The van der Waals surface area contributed by atoms with Gasteiger partial charge < -0.3 is 25.8 Å². The zero-order chi connectivity index (χ0) is 17.5. The number of carbonyl (C=O) groups is 3. The minimum atomic E-state index is -1.03. The van der Waals surface area contributed by atoms with E-state index in [1.54, 1.807) is 19.1 Å². The van der Waals surface area contributed by atoms with Crippen LogP contribution >= 0.6 is 0 Å². The third-order valence-corrected chi connectivity index (χ3v) is 4.70. The first kappa shape index (κ1) is 16.3. The van der Waals surface area contributed by atoms with Crippen molar-refractivity contribution in [2.75, 3.05) is 31.6 Å². The van der Waals surface area contributed by atoms with Crippen LogP contribution in [0.5, 0.6) is 0 Å². The highest BCUT2D eigenvalue weighted by Gasteiger charge is 2.57. The number of ether oxygens (including phenoxy) is 1. The van der Waals surface area contributed by atoms with Crippen molar-refractivity contribution in [3.05, 3.63) is 29.3 Å². The summed E-state index contributed by atoms with van der Waals surface area (Å²) in [6.07, 6.45) is 0. The molecule has 2 heterocycles. The summed E-state index contributed by atoms with van der Waals surface area (Å²) in [5, 5.41) is 12.2. The van der Waals surface area contributed by atoms with E-state index >= 15 is 0 Å². The van der Waals surface area contributed by atoms with Crippen LogP contribution in [0.15, 0.2) is 18.2 Å². The predicted molar refractivity (Wildman–Crippen MR) is 84.7 cm³/mol. The zero-order valence-electron chi connectivity index (χ0n) is 13.2. The molecule has 4 N–H and O–H groups in total. The van der Waals surface area contributed by atoms with E-state index in [0.29, 0.717) is 24.4 Å². The first-order valence-corrected chi connectivity index (χ1v) is 7.60. The largest absolute Gasteiger partial charge is 0.481 e. The van der Waals surface area contributed by atoms with E-state index in [9.17, 15) is 19.5 Å². The van der Waals surface area contributed by atoms with E-state index in [-0.39, 0.29) is 19.1 Å². The van der Waals surface area contributed by atoms with Gasteiger partial charge in [-0.2, -0.15) is 0 Å². The molecular weight excluding hydrogens is 314 g/mol. The van der Waals surface area contributed by atoms with Crippen LogP contribution in [0.4, 0.5) is 10.5 Å². The van der Waals surface area contributed by atoms with Gasteiger partial charge in [-0.05, 0) is 30.7 Å². The van der Waals surface area contributed by atoms with Gasteiger partial charge >= 0.3 is 12.0 Å². The molecule has 0 aromatic heterocycles. The highest BCUT2D eigenvalue weighted by molar-refractivity contribution is 5.96. The summed E-state index contributed by atoms with van der Waals surface area (Å²) in [6, 6.07) is 4.46. The van der Waals surface area contributed by atoms with E-state index in [4.69, 9.17) is 10.5 Å². The van der Waals surface area contributed by atoms with Gasteiger partial charge in [-0.15, -0.1) is 0 Å². The van der Waals surface area contributed by atoms with Gasteiger partial charge in [0.2, 0.25) is 5.91 Å². The molecule has 3 rings (SSSR count). The summed E-state index contributed by atoms with van der Waals surface area (Å²) in [4.78, 5) is 36.9. The minimum absolute atomic E-state index is 0.104. The number of primary amides is 1. The topological polar surface area (TPSA) is 122 Å². The molecule has 1 aromatic rings. The van der Waals surface area contributed by atoms with Gasteiger partial charge in [-0.1, -0.05) is 0 Å². The number of likely N-dealkylation sites (tertiary alicyclic amines) is 1. The SMILES string of the molecule is Cc1cc(NC(=O)N2C[C@@H]3COC[C@]3(C(=O)O)C2)cc(C(N)=O)c1. The Bertz CT molecular complexity index is 720. The molecular formula is C16H19N3O5. The molecule has 2 aliphatic rings. The number of aliphatic carboxylic acids is 1. The van der Waals surface area contributed by atoms with Crippen molar-refractivity contribution in [1.29, 1.82) is 0 Å². The van der Waals surface area contributed by atoms with Gasteiger partial charge in [-0.3, -0.25) is 9.59 Å². The number of carboxylic acid groups (broad SMARTS) is 1. The van der Waals surface area contributed by atoms with Crippen molar-refractivity contribution < 1.29 is 24.2 Å². The second-order valence-corrected chi connectivity index (χ2v) is 6.44. The number of hydrogen-bond donors (Lipinski definition) is 3. The molecule has 2 atom stereocenters. The summed E-state index contributed by atoms with van der Waals surface area (Å²) in [6.45, 7) is 2.68. The highest BCUT2D eigenvalue weighted by Crippen LogP contribution is 2.41. The van der Waals surface area contributed by atoms with E-state index in [2.05, 4.69) is 5.32 Å². The zero-order valence-corrected chi connectivity index (χ0v) is 13.2. The Balaban J connectivity index is 1.75. The minimum Gasteiger partial charge on any atom is -0.481 e. The normalized spacial score (nSPS) is 25.4. The Hall–Kier alpha value is -2.61. The van der Waals surface area contributed by atoms with Gasteiger partial charge in [0.15, 0.2) is 0 Å². The smallest absolute Gasteiger partial charge is 0.321 e. The van der Waals surface area contributed by atoms with Crippen LogP contribution in [0.3, 0.4) is 0 Å². The summed E-state index contributed by atoms with van der Waals surface area (Å²) >= 11 is 0. The number of amides is 3. The number of nitrogens with zero attached hydrogens (tertiary/aromatic N) is 1. The number of fused-ring (bicyclic) bond motifs is 1. The number of benzene rings is 1. The van der Waals surface area contributed by atoms with E-state index < -0.39 is 23.3 Å². The van der Waals surface area contributed by atoms with Crippen molar-refractivity contribution in [2.45, 2.75) is 6.92 Å². The number of aryl methyl sites for hydroxylation is 1. The molecule has 8 heteroatoms. The molecule has 1 aromatic carbocycles. The number of carboxylic acids is 1. The molecule has 0 aliphatic carbocycles. The molecule has 0 unspecified atom stereocenters. The first-order chi connectivity index (χ1) is 11.3. The number of hydrogen-bond acceptors (Lipinski definition) is 4. The monoisotopic (exact) mass is 333 g/mol. The number of nitrogens with one attached hydrogen (secondary N) is 1. The fourth-order valence-electron chi connectivity index (χ4n) is 3.39. The summed E-state index contributed by atoms with van der Waals surface area (Å²) in [5.41, 5.74) is 5.79. The Morgan fingerprint density at radius 2 is 2.12 bits per heavy atom. The Kier molecular flexibility index (Phi) is 3.92. The predicted octanol–water partition coefficient (Wildman–Crippen LogP) is 0.659. The number of anilines is 1. The molecule has 3 amide bonds. The van der Waals surface area contributed by atoms with Crippen molar-refractivity contribution in [3.8, 4) is 0 Å². The second-order valence-electron chi connectivity index (χ2n) is 6.44. The Morgan fingerprint density at radius 3 is 2.75 bits per heavy atom. The number of urea groups is 1. The molecule has 0 bridgehead atoms. The van der Waals surface area contributed by atoms with E-state index in [1.165, 1.54) is 11.0 Å². The fourth-order valence-corrected chi connectivity index (χ4v) is 3.39. The average Bonchev–Trinajstić information content (AvgIpc) is 3.04. The summed E-state index contributed by atoms with van der Waals surface area (Å²) in [7, 11) is 0. The van der Waals surface area contributed by atoms with Gasteiger partial charge in [0.1, 0.15) is 5.41 Å². The lowest BCUT2D eigenvalue weighted by atomic mass is 9.81. The van der Waals surface area contributed by atoms with Gasteiger partial charge in [0.25, 0.3) is 0 Å². The number of carbonyl (C=O) groups excluding carboxylic acids is 2. The first-order valence-electron chi connectivity index (χ1n) is 7.60. The van der Waals surface area contributed by atoms with Crippen molar-refractivity contribution in [2.24, 2.45) is 17.1 Å². The molecule has 24 heavy (non-hydrogen) atoms. The van der Waals surface area contributed by atoms with Crippen LogP contribution in [0.1, 0.15) is 15.9 Å². The summed E-state index contributed by atoms with van der Waals surface area (Å²) < 4.78 is 5.29. The third-order valence-electron chi connectivity index (χ3n) is 4.70. The van der Waals surface area contributed by atoms with E-state index in [1.807, 2.05) is 0 Å². The molecule has 8 nitrogen and oxygen atoms in total. The molecule has 0 saturated carbocycles. The highest BCUT2D eigenvalue weighted by atomic mass is 16.5. The quantitative estimate of drug-likeness (QED) is 0.750. The molecule has 2 aliphatic heterocycles. The Morgan fingerprint density at radius 1 is 1.38 bits per heavy atom. The maximum atomic E-state index is 12.5. The lowest BCUT2D eigenvalue weighted by Gasteiger charge is -2.22. The van der Waals surface area contributed by atoms with Crippen molar-refractivity contribution >= 4 is 23.6 Å². The van der Waals surface area contributed by atoms with E-state index in [0.717, 1.165) is 5.56 Å². The number of nitrogens with two attached hydrogens (primary N) is 1. The number of rotatable bonds is 3. The third kappa shape index (κ3) is 2.69. The second kappa shape index (κ2) is 5.79. The van der Waals surface area contributed by atoms with Gasteiger partial charge in [0, 0.05) is 30.3 Å². The lowest BCUT2D eigenvalue weighted by Crippen LogP contribution is -2.41. The van der Waals surface area contributed by atoms with Crippen LogP contribution in [0.25, 0.3) is 0 Å². The van der Waals surface area contributed by atoms with Crippen LogP contribution < -0.4 is 11.1 Å². The van der Waals surface area contributed by atoms with Crippen molar-refractivity contribution in [3.63, 3.8) is 0 Å².